The number of pyridine rings is 2. The van der Waals surface area contributed by atoms with Crippen LogP contribution < -0.4 is 4.74 Å². The number of ether oxygens (including phenoxy) is 2. The summed E-state index contributed by atoms with van der Waals surface area (Å²) in [6.45, 7) is 0.00612. The first kappa shape index (κ1) is 16.9. The van der Waals surface area contributed by atoms with Gasteiger partial charge in [-0.1, -0.05) is 23.7 Å². The highest BCUT2D eigenvalue weighted by molar-refractivity contribution is 6.30. The van der Waals surface area contributed by atoms with Gasteiger partial charge in [0.05, 0.1) is 11.2 Å². The van der Waals surface area contributed by atoms with Gasteiger partial charge in [0.1, 0.15) is 23.7 Å². The van der Waals surface area contributed by atoms with E-state index in [1.807, 2.05) is 0 Å². The first-order chi connectivity index (χ1) is 12.1. The van der Waals surface area contributed by atoms with Crippen molar-refractivity contribution in [3.63, 3.8) is 0 Å². The third-order valence-electron chi connectivity index (χ3n) is 3.17. The number of carbonyl (C=O) groups is 1. The highest BCUT2D eigenvalue weighted by Gasteiger charge is 2.16. The van der Waals surface area contributed by atoms with E-state index in [-0.39, 0.29) is 23.9 Å². The third-order valence-corrected chi connectivity index (χ3v) is 3.38. The Morgan fingerprint density at radius 3 is 2.72 bits per heavy atom. The molecular formula is C18H12ClFN2O3. The van der Waals surface area contributed by atoms with Gasteiger partial charge in [0, 0.05) is 18.5 Å². The van der Waals surface area contributed by atoms with E-state index in [4.69, 9.17) is 21.1 Å². The van der Waals surface area contributed by atoms with Crippen molar-refractivity contribution >= 4 is 17.6 Å². The van der Waals surface area contributed by atoms with Gasteiger partial charge in [-0.05, 0) is 29.8 Å². The molecule has 5 nitrogen and oxygen atoms in total. The Morgan fingerprint density at radius 2 is 1.96 bits per heavy atom. The second-order valence-corrected chi connectivity index (χ2v) is 5.44. The molecule has 0 saturated heterocycles. The van der Waals surface area contributed by atoms with Crippen molar-refractivity contribution in [2.24, 2.45) is 0 Å². The Labute approximate surface area is 148 Å². The Balaban J connectivity index is 1.73. The average molecular weight is 359 g/mol. The van der Waals surface area contributed by atoms with Gasteiger partial charge in [-0.15, -0.1) is 0 Å². The summed E-state index contributed by atoms with van der Waals surface area (Å²) in [6.07, 6.45) is 4.41. The zero-order valence-electron chi connectivity index (χ0n) is 12.9. The van der Waals surface area contributed by atoms with Crippen molar-refractivity contribution in [3.05, 3.63) is 83.0 Å². The lowest BCUT2D eigenvalue weighted by atomic mass is 10.2. The van der Waals surface area contributed by atoms with E-state index in [9.17, 15) is 9.18 Å². The summed E-state index contributed by atoms with van der Waals surface area (Å²) in [4.78, 5) is 20.3. The van der Waals surface area contributed by atoms with Gasteiger partial charge < -0.3 is 9.47 Å². The molecule has 0 aliphatic carbocycles. The van der Waals surface area contributed by atoms with Crippen LogP contribution in [0, 0.1) is 5.82 Å². The van der Waals surface area contributed by atoms with Crippen LogP contribution >= 0.6 is 11.6 Å². The zero-order valence-corrected chi connectivity index (χ0v) is 13.6. The molecule has 0 saturated carbocycles. The number of rotatable bonds is 5. The van der Waals surface area contributed by atoms with Crippen molar-refractivity contribution in [2.45, 2.75) is 6.61 Å². The van der Waals surface area contributed by atoms with Crippen molar-refractivity contribution in [3.8, 4) is 11.6 Å². The van der Waals surface area contributed by atoms with Crippen LogP contribution in [-0.2, 0) is 11.3 Å². The number of nitrogens with zero attached hydrogens (tertiary/aromatic N) is 2. The maximum Gasteiger partial charge on any atom is 0.344 e. The number of carbonyl (C=O) groups excluding carboxylic acids is 1. The standard InChI is InChI=1S/C18H12ClFN2O3/c19-13-8-15(10-21-9-13)25-17-16(2-1-7-22-17)18(23)24-11-12-3-5-14(20)6-4-12/h1-10H,11H2. The minimum atomic E-state index is -0.609. The first-order valence-corrected chi connectivity index (χ1v) is 7.64. The van der Waals surface area contributed by atoms with Crippen LogP contribution in [0.2, 0.25) is 5.02 Å². The summed E-state index contributed by atoms with van der Waals surface area (Å²) >= 11 is 5.86. The monoisotopic (exact) mass is 358 g/mol. The van der Waals surface area contributed by atoms with Crippen LogP contribution in [-0.4, -0.2) is 15.9 Å². The van der Waals surface area contributed by atoms with Crippen molar-refractivity contribution in [2.75, 3.05) is 0 Å². The highest BCUT2D eigenvalue weighted by atomic mass is 35.5. The second-order valence-electron chi connectivity index (χ2n) is 5.00. The molecule has 0 aliphatic heterocycles. The normalized spacial score (nSPS) is 10.3. The lowest BCUT2D eigenvalue weighted by Crippen LogP contribution is -2.08. The molecule has 2 aromatic heterocycles. The summed E-state index contributed by atoms with van der Waals surface area (Å²) in [7, 11) is 0. The number of esters is 1. The van der Waals surface area contributed by atoms with Gasteiger partial charge in [0.15, 0.2) is 0 Å². The van der Waals surface area contributed by atoms with Crippen LogP contribution in [0.15, 0.2) is 61.1 Å². The molecule has 0 aliphatic rings. The predicted molar refractivity (Wildman–Crippen MR) is 89.1 cm³/mol. The summed E-state index contributed by atoms with van der Waals surface area (Å²) in [5.41, 5.74) is 0.824. The van der Waals surface area contributed by atoms with Crippen LogP contribution in [0.3, 0.4) is 0 Å². The van der Waals surface area contributed by atoms with Crippen molar-refractivity contribution in [1.29, 1.82) is 0 Å². The Morgan fingerprint density at radius 1 is 1.16 bits per heavy atom. The molecule has 2 heterocycles. The molecule has 1 aromatic carbocycles. The fourth-order valence-corrected chi connectivity index (χ4v) is 2.16. The zero-order chi connectivity index (χ0) is 17.6. The number of hydrogen-bond donors (Lipinski definition) is 0. The topological polar surface area (TPSA) is 61.3 Å². The second kappa shape index (κ2) is 7.72. The molecule has 126 valence electrons. The molecule has 0 atom stereocenters. The van der Waals surface area contributed by atoms with Crippen LogP contribution in [0.4, 0.5) is 4.39 Å². The minimum Gasteiger partial charge on any atom is -0.457 e. The molecule has 0 bridgehead atoms. The Bertz CT molecular complexity index is 887. The molecule has 0 spiro atoms. The van der Waals surface area contributed by atoms with Gasteiger partial charge in [0.2, 0.25) is 5.88 Å². The van der Waals surface area contributed by atoms with E-state index in [1.54, 1.807) is 24.3 Å². The van der Waals surface area contributed by atoms with E-state index in [2.05, 4.69) is 9.97 Å². The SMILES string of the molecule is O=C(OCc1ccc(F)cc1)c1cccnc1Oc1cncc(Cl)c1. The molecule has 0 unspecified atom stereocenters. The Hall–Kier alpha value is -2.99. The first-order valence-electron chi connectivity index (χ1n) is 7.27. The predicted octanol–water partition coefficient (Wildman–Crippen LogP) is 4.42. The number of benzene rings is 1. The van der Waals surface area contributed by atoms with Crippen LogP contribution in [0.1, 0.15) is 15.9 Å². The average Bonchev–Trinajstić information content (AvgIpc) is 2.61. The quantitative estimate of drug-likeness (QED) is 0.632. The fraction of sp³-hybridized carbons (Fsp3) is 0.0556. The van der Waals surface area contributed by atoms with E-state index in [0.717, 1.165) is 0 Å². The number of halogens is 2. The largest absolute Gasteiger partial charge is 0.457 e. The maximum absolute atomic E-state index is 12.9. The minimum absolute atomic E-state index is 0.00612. The number of hydrogen-bond acceptors (Lipinski definition) is 5. The molecule has 3 aromatic rings. The molecule has 7 heteroatoms. The molecule has 0 fully saturated rings. The summed E-state index contributed by atoms with van der Waals surface area (Å²) in [5.74, 6) is -0.537. The van der Waals surface area contributed by atoms with E-state index in [0.29, 0.717) is 16.3 Å². The van der Waals surface area contributed by atoms with E-state index >= 15 is 0 Å². The van der Waals surface area contributed by atoms with Crippen molar-refractivity contribution in [1.82, 2.24) is 9.97 Å². The van der Waals surface area contributed by atoms with Gasteiger partial charge in [-0.2, -0.15) is 0 Å². The summed E-state index contributed by atoms with van der Waals surface area (Å²) in [5, 5.41) is 0.397. The maximum atomic E-state index is 12.9. The highest BCUT2D eigenvalue weighted by Crippen LogP contribution is 2.25. The summed E-state index contributed by atoms with van der Waals surface area (Å²) in [6, 6.07) is 10.4. The van der Waals surface area contributed by atoms with Crippen LogP contribution in [0.5, 0.6) is 11.6 Å². The molecule has 0 radical (unpaired) electrons. The Kier molecular flexibility index (Phi) is 5.20. The van der Waals surface area contributed by atoms with Crippen LogP contribution in [0.25, 0.3) is 0 Å². The van der Waals surface area contributed by atoms with E-state index in [1.165, 1.54) is 36.8 Å². The third kappa shape index (κ3) is 4.51. The lowest BCUT2D eigenvalue weighted by Gasteiger charge is -2.10. The molecule has 0 N–H and O–H groups in total. The number of aromatic nitrogens is 2. The smallest absolute Gasteiger partial charge is 0.344 e. The van der Waals surface area contributed by atoms with E-state index < -0.39 is 5.97 Å². The molecule has 3 rings (SSSR count). The summed E-state index contributed by atoms with van der Waals surface area (Å²) < 4.78 is 23.7. The van der Waals surface area contributed by atoms with Gasteiger partial charge in [-0.25, -0.2) is 14.2 Å². The lowest BCUT2D eigenvalue weighted by molar-refractivity contribution is 0.0469. The molecule has 0 amide bonds. The van der Waals surface area contributed by atoms with Gasteiger partial charge in [0.25, 0.3) is 0 Å². The van der Waals surface area contributed by atoms with Crippen molar-refractivity contribution < 1.29 is 18.7 Å². The molecular weight excluding hydrogens is 347 g/mol. The van der Waals surface area contributed by atoms with Gasteiger partial charge in [-0.3, -0.25) is 4.98 Å². The van der Waals surface area contributed by atoms with Gasteiger partial charge >= 0.3 is 5.97 Å². The fourth-order valence-electron chi connectivity index (χ4n) is 1.99. The molecule has 25 heavy (non-hydrogen) atoms.